The van der Waals surface area contributed by atoms with Crippen LogP contribution in [0.1, 0.15) is 31.9 Å². The van der Waals surface area contributed by atoms with Crippen molar-refractivity contribution in [2.45, 2.75) is 26.3 Å². The minimum absolute atomic E-state index is 0. The second-order valence-electron chi connectivity index (χ2n) is 5.36. The van der Waals surface area contributed by atoms with Crippen molar-refractivity contribution in [3.63, 3.8) is 0 Å². The molecule has 0 aromatic heterocycles. The molecule has 0 aliphatic carbocycles. The third kappa shape index (κ3) is 7.11. The van der Waals surface area contributed by atoms with Gasteiger partial charge in [0.15, 0.2) is 0 Å². The minimum Gasteiger partial charge on any atom is -0.368 e. The SMILES string of the molecule is CC(C)CN(CC(N)=O)C(=O)CC(N)c1ccccc1.Cl. The second-order valence-corrected chi connectivity index (χ2v) is 5.36. The molecule has 6 heteroatoms. The number of nitrogens with zero attached hydrogens (tertiary/aromatic N) is 1. The first-order valence-electron chi connectivity index (χ1n) is 6.76. The van der Waals surface area contributed by atoms with E-state index in [1.54, 1.807) is 0 Å². The Bertz CT molecular complexity index is 451. The lowest BCUT2D eigenvalue weighted by Gasteiger charge is -2.24. The van der Waals surface area contributed by atoms with E-state index < -0.39 is 5.91 Å². The maximum Gasteiger partial charge on any atom is 0.237 e. The van der Waals surface area contributed by atoms with Crippen molar-refractivity contribution in [2.75, 3.05) is 13.1 Å². The molecule has 21 heavy (non-hydrogen) atoms. The molecule has 0 radical (unpaired) electrons. The zero-order chi connectivity index (χ0) is 15.1. The van der Waals surface area contributed by atoms with Crippen molar-refractivity contribution in [1.29, 1.82) is 0 Å². The molecule has 0 spiro atoms. The molecule has 0 fully saturated rings. The van der Waals surface area contributed by atoms with E-state index in [-0.39, 0.29) is 43.2 Å². The molecule has 1 aromatic carbocycles. The van der Waals surface area contributed by atoms with E-state index in [9.17, 15) is 9.59 Å². The van der Waals surface area contributed by atoms with Gasteiger partial charge in [0, 0.05) is 19.0 Å². The molecule has 0 aliphatic rings. The van der Waals surface area contributed by atoms with Gasteiger partial charge in [0.25, 0.3) is 0 Å². The van der Waals surface area contributed by atoms with Gasteiger partial charge >= 0.3 is 0 Å². The smallest absolute Gasteiger partial charge is 0.237 e. The largest absolute Gasteiger partial charge is 0.368 e. The van der Waals surface area contributed by atoms with E-state index in [0.717, 1.165) is 5.56 Å². The van der Waals surface area contributed by atoms with Crippen molar-refractivity contribution < 1.29 is 9.59 Å². The maximum absolute atomic E-state index is 12.2. The zero-order valence-electron chi connectivity index (χ0n) is 12.5. The fraction of sp³-hybridized carbons (Fsp3) is 0.467. The van der Waals surface area contributed by atoms with Crippen molar-refractivity contribution in [3.8, 4) is 0 Å². The Labute approximate surface area is 132 Å². The highest BCUT2D eigenvalue weighted by Gasteiger charge is 2.20. The van der Waals surface area contributed by atoms with Gasteiger partial charge in [0.1, 0.15) is 0 Å². The predicted octanol–water partition coefficient (Wildman–Crippen LogP) is 1.47. The third-order valence-corrected chi connectivity index (χ3v) is 2.91. The van der Waals surface area contributed by atoms with Crippen LogP contribution in [0.5, 0.6) is 0 Å². The molecule has 1 aromatic rings. The molecule has 5 nitrogen and oxygen atoms in total. The summed E-state index contributed by atoms with van der Waals surface area (Å²) in [6.07, 6.45) is 0.171. The molecule has 0 aliphatic heterocycles. The lowest BCUT2D eigenvalue weighted by atomic mass is 10.0. The first kappa shape index (κ1) is 19.4. The summed E-state index contributed by atoms with van der Waals surface area (Å²) in [7, 11) is 0. The first-order valence-corrected chi connectivity index (χ1v) is 6.76. The van der Waals surface area contributed by atoms with Crippen molar-refractivity contribution in [3.05, 3.63) is 35.9 Å². The number of amides is 2. The van der Waals surface area contributed by atoms with Crippen LogP contribution in [-0.2, 0) is 9.59 Å². The summed E-state index contributed by atoms with van der Waals surface area (Å²) in [6, 6.07) is 9.07. The van der Waals surface area contributed by atoms with Crippen LogP contribution in [-0.4, -0.2) is 29.8 Å². The molecule has 0 bridgehead atoms. The maximum atomic E-state index is 12.2. The fourth-order valence-corrected chi connectivity index (χ4v) is 2.02. The van der Waals surface area contributed by atoms with Crippen LogP contribution in [0.4, 0.5) is 0 Å². The molecular formula is C15H24ClN3O2. The Kier molecular flexibility index (Phi) is 8.66. The topological polar surface area (TPSA) is 89.4 Å². The molecule has 1 unspecified atom stereocenters. The normalized spacial score (nSPS) is 11.6. The van der Waals surface area contributed by atoms with E-state index in [4.69, 9.17) is 11.5 Å². The van der Waals surface area contributed by atoms with Gasteiger partial charge in [-0.2, -0.15) is 0 Å². The van der Waals surface area contributed by atoms with Crippen LogP contribution in [0, 0.1) is 5.92 Å². The number of hydrogen-bond donors (Lipinski definition) is 2. The quantitative estimate of drug-likeness (QED) is 0.798. The Morgan fingerprint density at radius 3 is 2.24 bits per heavy atom. The van der Waals surface area contributed by atoms with Crippen LogP contribution < -0.4 is 11.5 Å². The number of primary amides is 1. The van der Waals surface area contributed by atoms with Crippen molar-refractivity contribution in [1.82, 2.24) is 4.90 Å². The van der Waals surface area contributed by atoms with E-state index in [1.807, 2.05) is 44.2 Å². The number of benzene rings is 1. The second kappa shape index (κ2) is 9.37. The molecule has 4 N–H and O–H groups in total. The van der Waals surface area contributed by atoms with Crippen LogP contribution in [0.2, 0.25) is 0 Å². The van der Waals surface area contributed by atoms with E-state index in [2.05, 4.69) is 0 Å². The van der Waals surface area contributed by atoms with Gasteiger partial charge < -0.3 is 16.4 Å². The van der Waals surface area contributed by atoms with Crippen molar-refractivity contribution in [2.24, 2.45) is 17.4 Å². The van der Waals surface area contributed by atoms with Crippen LogP contribution in [0.15, 0.2) is 30.3 Å². The molecule has 0 saturated heterocycles. The Balaban J connectivity index is 0.00000400. The van der Waals surface area contributed by atoms with E-state index in [1.165, 1.54) is 4.90 Å². The monoisotopic (exact) mass is 313 g/mol. The Morgan fingerprint density at radius 2 is 1.76 bits per heavy atom. The van der Waals surface area contributed by atoms with E-state index >= 15 is 0 Å². The van der Waals surface area contributed by atoms with Gasteiger partial charge in [0.2, 0.25) is 11.8 Å². The van der Waals surface area contributed by atoms with Gasteiger partial charge in [-0.1, -0.05) is 44.2 Å². The van der Waals surface area contributed by atoms with Gasteiger partial charge in [0.05, 0.1) is 6.54 Å². The lowest BCUT2D eigenvalue weighted by Crippen LogP contribution is -2.41. The summed E-state index contributed by atoms with van der Waals surface area (Å²) < 4.78 is 0. The number of rotatable bonds is 7. The summed E-state index contributed by atoms with van der Waals surface area (Å²) in [4.78, 5) is 24.8. The van der Waals surface area contributed by atoms with Crippen LogP contribution >= 0.6 is 12.4 Å². The highest BCUT2D eigenvalue weighted by atomic mass is 35.5. The number of carbonyl (C=O) groups excluding carboxylic acids is 2. The summed E-state index contributed by atoms with van der Waals surface area (Å²) in [6.45, 7) is 4.42. The van der Waals surface area contributed by atoms with E-state index in [0.29, 0.717) is 6.54 Å². The molecule has 1 atom stereocenters. The number of hydrogen-bond acceptors (Lipinski definition) is 3. The average molecular weight is 314 g/mol. The molecule has 0 saturated carbocycles. The van der Waals surface area contributed by atoms with Gasteiger partial charge in [-0.05, 0) is 11.5 Å². The molecule has 2 amide bonds. The number of halogens is 1. The molecular weight excluding hydrogens is 290 g/mol. The van der Waals surface area contributed by atoms with Gasteiger partial charge in [-0.25, -0.2) is 0 Å². The highest BCUT2D eigenvalue weighted by molar-refractivity contribution is 5.85. The Hall–Kier alpha value is -1.59. The lowest BCUT2D eigenvalue weighted by molar-refractivity contribution is -0.136. The highest BCUT2D eigenvalue weighted by Crippen LogP contribution is 2.15. The molecule has 1 rings (SSSR count). The molecule has 0 heterocycles. The standard InChI is InChI=1S/C15H23N3O2.ClH/c1-11(2)9-18(10-14(17)19)15(20)8-13(16)12-6-4-3-5-7-12;/h3-7,11,13H,8-10,16H2,1-2H3,(H2,17,19);1H. The van der Waals surface area contributed by atoms with Gasteiger partial charge in [-0.3, -0.25) is 9.59 Å². The van der Waals surface area contributed by atoms with Gasteiger partial charge in [-0.15, -0.1) is 12.4 Å². The minimum atomic E-state index is -0.507. The summed E-state index contributed by atoms with van der Waals surface area (Å²) in [5, 5.41) is 0. The molecule has 118 valence electrons. The van der Waals surface area contributed by atoms with Crippen LogP contribution in [0.3, 0.4) is 0 Å². The van der Waals surface area contributed by atoms with Crippen LogP contribution in [0.25, 0.3) is 0 Å². The third-order valence-electron chi connectivity index (χ3n) is 2.91. The zero-order valence-corrected chi connectivity index (χ0v) is 13.3. The number of nitrogens with two attached hydrogens (primary N) is 2. The fourth-order valence-electron chi connectivity index (χ4n) is 2.02. The summed E-state index contributed by atoms with van der Waals surface area (Å²) in [5.41, 5.74) is 12.1. The van der Waals surface area contributed by atoms with Crippen molar-refractivity contribution >= 4 is 24.2 Å². The number of carbonyl (C=O) groups is 2. The first-order chi connectivity index (χ1) is 9.40. The Morgan fingerprint density at radius 1 is 1.19 bits per heavy atom. The summed E-state index contributed by atoms with van der Waals surface area (Å²) in [5.74, 6) is -0.382. The predicted molar refractivity (Wildman–Crippen MR) is 85.8 cm³/mol. The average Bonchev–Trinajstić information content (AvgIpc) is 2.37. The summed E-state index contributed by atoms with van der Waals surface area (Å²) >= 11 is 0.